The van der Waals surface area contributed by atoms with Crippen molar-refractivity contribution in [2.24, 2.45) is 0 Å². The maximum Gasteiger partial charge on any atom is 0.258 e. The summed E-state index contributed by atoms with van der Waals surface area (Å²) >= 11 is 5.77. The van der Waals surface area contributed by atoms with E-state index in [-0.39, 0.29) is 17.2 Å². The second kappa shape index (κ2) is 6.05. The number of hydrogen-bond acceptors (Lipinski definition) is 9. The molecule has 0 spiro atoms. The first kappa shape index (κ1) is 14.5. The predicted octanol–water partition coefficient (Wildman–Crippen LogP) is -1.77. The molecule has 2 aromatic heterocycles. The molecule has 0 aromatic carbocycles. The van der Waals surface area contributed by atoms with Gasteiger partial charge in [-0.15, -0.1) is 0 Å². The number of aliphatic hydroxyl groups is 3. The Labute approximate surface area is 118 Å². The molecular formula is C9H12ClN7O3. The van der Waals surface area contributed by atoms with Crippen LogP contribution in [-0.4, -0.2) is 70.4 Å². The third kappa shape index (κ3) is 2.99. The largest absolute Gasteiger partial charge is 0.394 e. The van der Waals surface area contributed by atoms with Gasteiger partial charge in [-0.25, -0.2) is 4.98 Å². The molecule has 2 heterocycles. The van der Waals surface area contributed by atoms with Crippen molar-refractivity contribution in [1.82, 2.24) is 29.7 Å². The van der Waals surface area contributed by atoms with E-state index < -0.39 is 25.4 Å². The van der Waals surface area contributed by atoms with Crippen molar-refractivity contribution in [2.45, 2.75) is 5.54 Å². The van der Waals surface area contributed by atoms with Crippen LogP contribution in [0.25, 0.3) is 5.95 Å². The zero-order valence-corrected chi connectivity index (χ0v) is 10.9. The van der Waals surface area contributed by atoms with Crippen LogP contribution in [0.15, 0.2) is 12.7 Å². The molecule has 11 heteroatoms. The molecule has 0 saturated carbocycles. The molecule has 0 bridgehead atoms. The highest BCUT2D eigenvalue weighted by Crippen LogP contribution is 2.14. The minimum atomic E-state index is -1.37. The van der Waals surface area contributed by atoms with E-state index in [0.717, 1.165) is 0 Å². The van der Waals surface area contributed by atoms with Gasteiger partial charge in [-0.1, -0.05) is 0 Å². The van der Waals surface area contributed by atoms with Crippen molar-refractivity contribution < 1.29 is 15.3 Å². The molecular weight excluding hydrogens is 290 g/mol. The molecule has 0 atom stereocenters. The normalized spacial score (nSPS) is 11.6. The average molecular weight is 302 g/mol. The Kier molecular flexibility index (Phi) is 4.39. The van der Waals surface area contributed by atoms with Gasteiger partial charge in [0.05, 0.1) is 19.8 Å². The van der Waals surface area contributed by atoms with E-state index in [1.807, 2.05) is 0 Å². The van der Waals surface area contributed by atoms with E-state index in [9.17, 15) is 15.3 Å². The standard InChI is InChI=1S/C9H12ClN7O3/c10-6-13-7(16-9(1-18,2-19)3-20)15-8(14-6)17-5-11-4-12-17/h4-5,18-20H,1-3H2,(H,13,14,15,16). The average Bonchev–Trinajstić information content (AvgIpc) is 2.98. The van der Waals surface area contributed by atoms with Crippen molar-refractivity contribution in [2.75, 3.05) is 25.1 Å². The van der Waals surface area contributed by atoms with E-state index in [0.29, 0.717) is 0 Å². The molecule has 0 fully saturated rings. The fourth-order valence-corrected chi connectivity index (χ4v) is 1.47. The van der Waals surface area contributed by atoms with Gasteiger partial charge in [-0.2, -0.15) is 24.7 Å². The van der Waals surface area contributed by atoms with E-state index >= 15 is 0 Å². The minimum Gasteiger partial charge on any atom is -0.394 e. The SMILES string of the molecule is OCC(CO)(CO)Nc1nc(Cl)nc(-n2cncn2)n1. The van der Waals surface area contributed by atoms with E-state index in [2.05, 4.69) is 30.4 Å². The zero-order chi connectivity index (χ0) is 14.6. The lowest BCUT2D eigenvalue weighted by Gasteiger charge is -2.28. The number of nitrogens with one attached hydrogen (secondary N) is 1. The van der Waals surface area contributed by atoms with Crippen LogP contribution in [0.1, 0.15) is 0 Å². The molecule has 20 heavy (non-hydrogen) atoms. The zero-order valence-electron chi connectivity index (χ0n) is 10.2. The van der Waals surface area contributed by atoms with Crippen LogP contribution in [0.2, 0.25) is 5.28 Å². The highest BCUT2D eigenvalue weighted by Gasteiger charge is 2.29. The van der Waals surface area contributed by atoms with E-state index in [1.165, 1.54) is 17.3 Å². The third-order valence-corrected chi connectivity index (χ3v) is 2.67. The second-order valence-corrected chi connectivity index (χ2v) is 4.29. The Balaban J connectivity index is 2.33. The molecule has 2 rings (SSSR count). The number of halogens is 1. The first-order valence-electron chi connectivity index (χ1n) is 5.50. The molecule has 2 aromatic rings. The maximum absolute atomic E-state index is 9.25. The Bertz CT molecular complexity index is 552. The van der Waals surface area contributed by atoms with Gasteiger partial charge in [0.25, 0.3) is 5.95 Å². The highest BCUT2D eigenvalue weighted by atomic mass is 35.5. The summed E-state index contributed by atoms with van der Waals surface area (Å²) in [6, 6.07) is 0. The topological polar surface area (TPSA) is 142 Å². The summed E-state index contributed by atoms with van der Waals surface area (Å²) in [5.41, 5.74) is -1.37. The molecule has 0 amide bonds. The smallest absolute Gasteiger partial charge is 0.258 e. The predicted molar refractivity (Wildman–Crippen MR) is 67.4 cm³/mol. The van der Waals surface area contributed by atoms with Gasteiger partial charge < -0.3 is 20.6 Å². The van der Waals surface area contributed by atoms with Gasteiger partial charge in [0.2, 0.25) is 11.2 Å². The van der Waals surface area contributed by atoms with Crippen molar-refractivity contribution >= 4 is 17.5 Å². The Hall–Kier alpha value is -1.88. The number of rotatable bonds is 6. The maximum atomic E-state index is 9.25. The van der Waals surface area contributed by atoms with Gasteiger partial charge in [-0.3, -0.25) is 0 Å². The van der Waals surface area contributed by atoms with E-state index in [1.54, 1.807) is 0 Å². The van der Waals surface area contributed by atoms with Crippen LogP contribution in [0.4, 0.5) is 5.95 Å². The number of aromatic nitrogens is 6. The molecule has 0 aliphatic heterocycles. The summed E-state index contributed by atoms with van der Waals surface area (Å²) in [6.45, 7) is -1.58. The molecule has 4 N–H and O–H groups in total. The molecule has 0 unspecified atom stereocenters. The van der Waals surface area contributed by atoms with Crippen molar-refractivity contribution in [1.29, 1.82) is 0 Å². The fourth-order valence-electron chi connectivity index (χ4n) is 1.32. The second-order valence-electron chi connectivity index (χ2n) is 3.95. The molecule has 108 valence electrons. The lowest BCUT2D eigenvalue weighted by Crippen LogP contribution is -2.49. The van der Waals surface area contributed by atoms with Crippen LogP contribution < -0.4 is 5.32 Å². The van der Waals surface area contributed by atoms with Crippen LogP contribution in [0.5, 0.6) is 0 Å². The number of aliphatic hydroxyl groups excluding tert-OH is 3. The van der Waals surface area contributed by atoms with Crippen molar-refractivity contribution in [3.8, 4) is 5.95 Å². The summed E-state index contributed by atoms with van der Waals surface area (Å²) in [4.78, 5) is 15.4. The summed E-state index contributed by atoms with van der Waals surface area (Å²) < 4.78 is 1.26. The fraction of sp³-hybridized carbons (Fsp3) is 0.444. The van der Waals surface area contributed by atoms with E-state index in [4.69, 9.17) is 11.6 Å². The Morgan fingerprint density at radius 1 is 1.15 bits per heavy atom. The van der Waals surface area contributed by atoms with Gasteiger partial charge in [0.15, 0.2) is 0 Å². The van der Waals surface area contributed by atoms with Gasteiger partial charge in [0, 0.05) is 0 Å². The quantitative estimate of drug-likeness (QED) is 0.487. The van der Waals surface area contributed by atoms with Gasteiger partial charge >= 0.3 is 0 Å². The summed E-state index contributed by atoms with van der Waals surface area (Å²) in [5.74, 6) is 0.0837. The van der Waals surface area contributed by atoms with Crippen LogP contribution in [-0.2, 0) is 0 Å². The first-order chi connectivity index (χ1) is 9.62. The van der Waals surface area contributed by atoms with Crippen LogP contribution in [0.3, 0.4) is 0 Å². The summed E-state index contributed by atoms with van der Waals surface area (Å²) in [6.07, 6.45) is 2.66. The Morgan fingerprint density at radius 2 is 1.85 bits per heavy atom. The summed E-state index contributed by atoms with van der Waals surface area (Å²) in [5, 5.41) is 34.1. The summed E-state index contributed by atoms with van der Waals surface area (Å²) in [7, 11) is 0. The highest BCUT2D eigenvalue weighted by molar-refractivity contribution is 6.28. The lowest BCUT2D eigenvalue weighted by atomic mass is 10.0. The number of nitrogens with zero attached hydrogens (tertiary/aromatic N) is 6. The van der Waals surface area contributed by atoms with Crippen LogP contribution >= 0.6 is 11.6 Å². The van der Waals surface area contributed by atoms with Gasteiger partial charge in [0.1, 0.15) is 18.2 Å². The molecule has 10 nitrogen and oxygen atoms in total. The number of hydrogen-bond donors (Lipinski definition) is 4. The van der Waals surface area contributed by atoms with Gasteiger partial charge in [-0.05, 0) is 11.6 Å². The molecule has 0 saturated heterocycles. The third-order valence-electron chi connectivity index (χ3n) is 2.50. The number of anilines is 1. The van der Waals surface area contributed by atoms with Crippen molar-refractivity contribution in [3.05, 3.63) is 17.9 Å². The molecule has 0 radical (unpaired) electrons. The molecule has 0 aliphatic carbocycles. The Morgan fingerprint density at radius 3 is 2.40 bits per heavy atom. The first-order valence-corrected chi connectivity index (χ1v) is 5.87. The monoisotopic (exact) mass is 301 g/mol. The van der Waals surface area contributed by atoms with Crippen LogP contribution in [0, 0.1) is 0 Å². The van der Waals surface area contributed by atoms with Crippen molar-refractivity contribution in [3.63, 3.8) is 0 Å². The minimum absolute atomic E-state index is 0.0207. The lowest BCUT2D eigenvalue weighted by molar-refractivity contribution is 0.0828. The molecule has 0 aliphatic rings.